The second-order valence-corrected chi connectivity index (χ2v) is 5.01. The van der Waals surface area contributed by atoms with Gasteiger partial charge in [-0.25, -0.2) is 4.98 Å². The van der Waals surface area contributed by atoms with Gasteiger partial charge < -0.3 is 9.88 Å². The number of hydrogen-bond acceptors (Lipinski definition) is 4. The van der Waals surface area contributed by atoms with Crippen LogP contribution in [-0.2, 0) is 6.54 Å². The lowest BCUT2D eigenvalue weighted by Gasteiger charge is -2.07. The molecule has 0 amide bonds. The third kappa shape index (κ3) is 3.80. The Morgan fingerprint density at radius 3 is 2.78 bits per heavy atom. The molecule has 96 valence electrons. The molecule has 18 heavy (non-hydrogen) atoms. The number of aromatic nitrogens is 4. The van der Waals surface area contributed by atoms with Gasteiger partial charge in [0.05, 0.1) is 0 Å². The van der Waals surface area contributed by atoms with E-state index in [4.69, 9.17) is 0 Å². The molecule has 0 spiro atoms. The van der Waals surface area contributed by atoms with Crippen molar-refractivity contribution in [2.24, 2.45) is 0 Å². The standard InChI is InChI=1S/C12H16BrN5/c1-10-6-12(15-7-11(10)13)14-4-2-3-5-18-8-16-17-9-18/h6-9H,2-5H2,1H3,(H,14,15). The molecule has 2 aromatic rings. The molecule has 0 atom stereocenters. The van der Waals surface area contributed by atoms with Crippen LogP contribution in [0, 0.1) is 6.92 Å². The van der Waals surface area contributed by atoms with Crippen molar-refractivity contribution in [3.63, 3.8) is 0 Å². The second-order valence-electron chi connectivity index (χ2n) is 4.15. The molecule has 0 radical (unpaired) electrons. The summed E-state index contributed by atoms with van der Waals surface area (Å²) in [4.78, 5) is 4.30. The highest BCUT2D eigenvalue weighted by molar-refractivity contribution is 9.10. The molecule has 1 N–H and O–H groups in total. The summed E-state index contributed by atoms with van der Waals surface area (Å²) < 4.78 is 3.03. The molecule has 0 aliphatic carbocycles. The number of pyridine rings is 1. The number of unbranched alkanes of at least 4 members (excludes halogenated alkanes) is 1. The van der Waals surface area contributed by atoms with E-state index in [9.17, 15) is 0 Å². The Hall–Kier alpha value is -1.43. The molecule has 0 bridgehead atoms. The van der Waals surface area contributed by atoms with E-state index in [0.717, 1.165) is 36.2 Å². The zero-order chi connectivity index (χ0) is 12.8. The Bertz CT molecular complexity index is 483. The minimum atomic E-state index is 0.927. The Kier molecular flexibility index (Phi) is 4.69. The first kappa shape index (κ1) is 13.0. The molecule has 2 heterocycles. The van der Waals surface area contributed by atoms with Crippen LogP contribution in [0.2, 0.25) is 0 Å². The highest BCUT2D eigenvalue weighted by atomic mass is 79.9. The first-order valence-corrected chi connectivity index (χ1v) is 6.73. The molecular weight excluding hydrogens is 294 g/mol. The number of hydrogen-bond donors (Lipinski definition) is 1. The summed E-state index contributed by atoms with van der Waals surface area (Å²) in [6, 6.07) is 2.05. The van der Waals surface area contributed by atoms with E-state index in [1.165, 1.54) is 5.56 Å². The number of anilines is 1. The highest BCUT2D eigenvalue weighted by Crippen LogP contribution is 2.17. The third-order valence-corrected chi connectivity index (χ3v) is 3.49. The van der Waals surface area contributed by atoms with Crippen LogP contribution in [0.4, 0.5) is 5.82 Å². The Balaban J connectivity index is 1.67. The van der Waals surface area contributed by atoms with Crippen LogP contribution in [0.1, 0.15) is 18.4 Å². The van der Waals surface area contributed by atoms with Crippen LogP contribution in [0.25, 0.3) is 0 Å². The average Bonchev–Trinajstić information content (AvgIpc) is 2.86. The minimum absolute atomic E-state index is 0.927. The van der Waals surface area contributed by atoms with Gasteiger partial charge in [0, 0.05) is 23.8 Å². The fourth-order valence-corrected chi connectivity index (χ4v) is 1.83. The molecule has 2 rings (SSSR count). The van der Waals surface area contributed by atoms with Gasteiger partial charge in [0.25, 0.3) is 0 Å². The third-order valence-electron chi connectivity index (χ3n) is 2.66. The lowest BCUT2D eigenvalue weighted by molar-refractivity contribution is 0.619. The van der Waals surface area contributed by atoms with Gasteiger partial charge in [-0.15, -0.1) is 10.2 Å². The molecule has 0 saturated carbocycles. The van der Waals surface area contributed by atoms with Gasteiger partial charge in [0.1, 0.15) is 18.5 Å². The molecule has 5 nitrogen and oxygen atoms in total. The molecular formula is C12H16BrN5. The molecule has 0 fully saturated rings. The summed E-state index contributed by atoms with van der Waals surface area (Å²) in [6.07, 6.45) is 7.50. The van der Waals surface area contributed by atoms with Crippen molar-refractivity contribution in [2.75, 3.05) is 11.9 Å². The molecule has 0 aliphatic rings. The van der Waals surface area contributed by atoms with Crippen molar-refractivity contribution in [1.82, 2.24) is 19.7 Å². The molecule has 2 aromatic heterocycles. The van der Waals surface area contributed by atoms with Crippen molar-refractivity contribution in [3.8, 4) is 0 Å². The molecule has 0 aliphatic heterocycles. The summed E-state index contributed by atoms with van der Waals surface area (Å²) in [5, 5.41) is 10.9. The smallest absolute Gasteiger partial charge is 0.126 e. The van der Waals surface area contributed by atoms with Gasteiger partial charge >= 0.3 is 0 Å². The van der Waals surface area contributed by atoms with E-state index in [0.29, 0.717) is 0 Å². The maximum atomic E-state index is 4.30. The normalized spacial score (nSPS) is 10.6. The Labute approximate surface area is 115 Å². The van der Waals surface area contributed by atoms with Crippen molar-refractivity contribution >= 4 is 21.7 Å². The number of aryl methyl sites for hydroxylation is 2. The largest absolute Gasteiger partial charge is 0.370 e. The first-order chi connectivity index (χ1) is 8.75. The van der Waals surface area contributed by atoms with E-state index < -0.39 is 0 Å². The van der Waals surface area contributed by atoms with Crippen LogP contribution in [0.3, 0.4) is 0 Å². The number of nitrogens with zero attached hydrogens (tertiary/aromatic N) is 4. The SMILES string of the molecule is Cc1cc(NCCCCn2cnnc2)ncc1Br. The number of rotatable bonds is 6. The maximum Gasteiger partial charge on any atom is 0.126 e. The predicted octanol–water partition coefficient (Wildman–Crippen LogP) is 2.64. The summed E-state index contributed by atoms with van der Waals surface area (Å²) in [5.41, 5.74) is 1.19. The zero-order valence-electron chi connectivity index (χ0n) is 10.3. The first-order valence-electron chi connectivity index (χ1n) is 5.94. The van der Waals surface area contributed by atoms with E-state index in [1.807, 2.05) is 16.8 Å². The zero-order valence-corrected chi connectivity index (χ0v) is 11.9. The molecule has 6 heteroatoms. The summed E-state index contributed by atoms with van der Waals surface area (Å²) in [7, 11) is 0. The lowest BCUT2D eigenvalue weighted by Crippen LogP contribution is -2.05. The topological polar surface area (TPSA) is 55.6 Å². The van der Waals surface area contributed by atoms with Gasteiger partial charge in [0.15, 0.2) is 0 Å². The van der Waals surface area contributed by atoms with Gasteiger partial charge in [-0.2, -0.15) is 0 Å². The Morgan fingerprint density at radius 1 is 1.28 bits per heavy atom. The maximum absolute atomic E-state index is 4.30. The highest BCUT2D eigenvalue weighted by Gasteiger charge is 1.98. The predicted molar refractivity (Wildman–Crippen MR) is 74.4 cm³/mol. The summed E-state index contributed by atoms with van der Waals surface area (Å²) in [6.45, 7) is 3.95. The fourth-order valence-electron chi connectivity index (χ4n) is 1.61. The molecule has 0 saturated heterocycles. The monoisotopic (exact) mass is 309 g/mol. The minimum Gasteiger partial charge on any atom is -0.370 e. The van der Waals surface area contributed by atoms with Crippen LogP contribution < -0.4 is 5.32 Å². The van der Waals surface area contributed by atoms with E-state index in [-0.39, 0.29) is 0 Å². The van der Waals surface area contributed by atoms with Crippen molar-refractivity contribution < 1.29 is 0 Å². The second kappa shape index (κ2) is 6.49. The van der Waals surface area contributed by atoms with Gasteiger partial charge in [-0.05, 0) is 47.3 Å². The number of nitrogens with one attached hydrogen (secondary N) is 1. The van der Waals surface area contributed by atoms with Gasteiger partial charge in [0.2, 0.25) is 0 Å². The Morgan fingerprint density at radius 2 is 2.06 bits per heavy atom. The quantitative estimate of drug-likeness (QED) is 0.833. The van der Waals surface area contributed by atoms with Crippen LogP contribution in [0.5, 0.6) is 0 Å². The van der Waals surface area contributed by atoms with Crippen LogP contribution in [0.15, 0.2) is 29.4 Å². The molecule has 0 unspecified atom stereocenters. The fraction of sp³-hybridized carbons (Fsp3) is 0.417. The molecule has 0 aromatic carbocycles. The van der Waals surface area contributed by atoms with E-state index >= 15 is 0 Å². The summed E-state index contributed by atoms with van der Waals surface area (Å²) >= 11 is 3.44. The van der Waals surface area contributed by atoms with Crippen LogP contribution >= 0.6 is 15.9 Å². The van der Waals surface area contributed by atoms with Gasteiger partial charge in [-0.3, -0.25) is 0 Å². The lowest BCUT2D eigenvalue weighted by atomic mass is 10.3. The van der Waals surface area contributed by atoms with Gasteiger partial charge in [-0.1, -0.05) is 0 Å². The van der Waals surface area contributed by atoms with E-state index in [2.05, 4.69) is 43.4 Å². The van der Waals surface area contributed by atoms with E-state index in [1.54, 1.807) is 12.7 Å². The van der Waals surface area contributed by atoms with Crippen LogP contribution in [-0.4, -0.2) is 26.3 Å². The van der Waals surface area contributed by atoms with Crippen molar-refractivity contribution in [3.05, 3.63) is 35.0 Å². The number of halogens is 1. The summed E-state index contributed by atoms with van der Waals surface area (Å²) in [5.74, 6) is 0.931. The van der Waals surface area contributed by atoms with Crippen molar-refractivity contribution in [2.45, 2.75) is 26.3 Å². The average molecular weight is 310 g/mol. The van der Waals surface area contributed by atoms with Crippen molar-refractivity contribution in [1.29, 1.82) is 0 Å².